The first kappa shape index (κ1) is 27.3. The Kier molecular flexibility index (Phi) is 14.0. The molecule has 0 aromatic carbocycles. The first-order valence-corrected chi connectivity index (χ1v) is 8.63. The number of aliphatic hydroxyl groups is 2. The van der Waals surface area contributed by atoms with E-state index in [2.05, 4.69) is 9.47 Å². The van der Waals surface area contributed by atoms with Crippen molar-refractivity contribution in [3.05, 3.63) is 0 Å². The summed E-state index contributed by atoms with van der Waals surface area (Å²) >= 11 is 0. The van der Waals surface area contributed by atoms with Gasteiger partial charge in [-0.25, -0.2) is 0 Å². The molecule has 2 unspecified atom stereocenters. The average molecular weight is 430 g/mol. The zero-order valence-corrected chi connectivity index (χ0v) is 15.6. The molecule has 0 aliphatic heterocycles. The number of halogens is 6. The van der Waals surface area contributed by atoms with Gasteiger partial charge in [-0.15, -0.1) is 0 Å². The molecule has 2 N–H and O–H groups in total. The molecule has 0 amide bonds. The minimum Gasteiger partial charge on any atom is -0.396 e. The summed E-state index contributed by atoms with van der Waals surface area (Å²) in [5.41, 5.74) is 0. The van der Waals surface area contributed by atoms with Crippen LogP contribution >= 0.6 is 0 Å². The van der Waals surface area contributed by atoms with E-state index in [1.165, 1.54) is 0 Å². The number of ether oxygens (including phenoxy) is 4. The van der Waals surface area contributed by atoms with E-state index in [1.54, 1.807) is 6.92 Å². The van der Waals surface area contributed by atoms with Gasteiger partial charge in [-0.1, -0.05) is 6.92 Å². The zero-order chi connectivity index (χ0) is 21.6. The van der Waals surface area contributed by atoms with Crippen LogP contribution in [0.2, 0.25) is 0 Å². The molecule has 0 aromatic heterocycles. The van der Waals surface area contributed by atoms with Crippen LogP contribution in [0.25, 0.3) is 0 Å². The van der Waals surface area contributed by atoms with Gasteiger partial charge in [-0.3, -0.25) is 0 Å². The summed E-state index contributed by atoms with van der Waals surface area (Å²) in [5, 5.41) is 18.2. The van der Waals surface area contributed by atoms with Crippen LogP contribution in [-0.4, -0.2) is 88.6 Å². The van der Waals surface area contributed by atoms with E-state index < -0.39 is 50.6 Å². The fraction of sp³-hybridized carbons (Fsp3) is 1.00. The van der Waals surface area contributed by atoms with Crippen LogP contribution in [0.3, 0.4) is 0 Å². The molecule has 0 saturated heterocycles. The lowest BCUT2D eigenvalue weighted by atomic mass is 10.2. The van der Waals surface area contributed by atoms with Crippen LogP contribution in [0.4, 0.5) is 26.3 Å². The largest absolute Gasteiger partial charge is 0.411 e. The summed E-state index contributed by atoms with van der Waals surface area (Å²) in [6.07, 6.45) is -8.87. The lowest BCUT2D eigenvalue weighted by Crippen LogP contribution is -2.27. The summed E-state index contributed by atoms with van der Waals surface area (Å²) in [5.74, 6) is -1.31. The van der Waals surface area contributed by atoms with Crippen LogP contribution in [0, 0.1) is 17.8 Å². The minimum absolute atomic E-state index is 0.00322. The highest BCUT2D eigenvalue weighted by molar-refractivity contribution is 4.59. The van der Waals surface area contributed by atoms with Gasteiger partial charge >= 0.3 is 12.4 Å². The fourth-order valence-corrected chi connectivity index (χ4v) is 1.91. The van der Waals surface area contributed by atoms with Gasteiger partial charge in [-0.2, -0.15) is 26.3 Å². The second kappa shape index (κ2) is 14.3. The molecule has 0 aliphatic rings. The molecule has 6 nitrogen and oxygen atoms in total. The molecule has 0 bridgehead atoms. The lowest BCUT2D eigenvalue weighted by Gasteiger charge is -2.19. The number of alkyl halides is 6. The van der Waals surface area contributed by atoms with Crippen molar-refractivity contribution < 1.29 is 55.5 Å². The fourth-order valence-electron chi connectivity index (χ4n) is 1.91. The molecule has 2 atom stereocenters. The van der Waals surface area contributed by atoms with Gasteiger partial charge in [0.15, 0.2) is 0 Å². The first-order chi connectivity index (χ1) is 13.0. The quantitative estimate of drug-likeness (QED) is 0.365. The van der Waals surface area contributed by atoms with Gasteiger partial charge in [-0.05, 0) is 0 Å². The number of hydrogen-bond donors (Lipinski definition) is 2. The molecule has 0 saturated carbocycles. The molecule has 0 radical (unpaired) electrons. The summed E-state index contributed by atoms with van der Waals surface area (Å²) in [6.45, 7) is -1.99. The molecule has 0 heterocycles. The second-order valence-electron chi connectivity index (χ2n) is 6.54. The molecule has 0 rings (SSSR count). The van der Waals surface area contributed by atoms with E-state index in [9.17, 15) is 26.3 Å². The van der Waals surface area contributed by atoms with Crippen LogP contribution in [-0.2, 0) is 18.9 Å². The van der Waals surface area contributed by atoms with Gasteiger partial charge in [0.05, 0.1) is 52.9 Å². The van der Waals surface area contributed by atoms with E-state index in [4.69, 9.17) is 19.7 Å². The van der Waals surface area contributed by atoms with Crippen LogP contribution in [0.15, 0.2) is 0 Å². The van der Waals surface area contributed by atoms with Crippen molar-refractivity contribution in [2.75, 3.05) is 66.1 Å². The van der Waals surface area contributed by atoms with Crippen molar-refractivity contribution in [2.45, 2.75) is 19.3 Å². The Bertz CT molecular complexity index is 346. The standard InChI is InChI=1S/C16H28F6O6/c1-12(4-25-6-13(2-23)8-27-10-15(17,18)19)5-26-7-14(3-24)9-28-11-16(20,21)22/h12-14,23-24H,2-11H2,1H3. The number of rotatable bonds is 16. The maximum Gasteiger partial charge on any atom is 0.411 e. The maximum atomic E-state index is 12.0. The average Bonchev–Trinajstić information content (AvgIpc) is 2.57. The highest BCUT2D eigenvalue weighted by atomic mass is 19.4. The summed E-state index contributed by atoms with van der Waals surface area (Å²) < 4.78 is 91.5. The molecule has 12 heteroatoms. The Labute approximate surface area is 159 Å². The number of aliphatic hydroxyl groups excluding tert-OH is 2. The van der Waals surface area contributed by atoms with Crippen molar-refractivity contribution in [3.8, 4) is 0 Å². The Hall–Kier alpha value is -0.660. The van der Waals surface area contributed by atoms with Crippen molar-refractivity contribution in [1.29, 1.82) is 0 Å². The highest BCUT2D eigenvalue weighted by Crippen LogP contribution is 2.16. The van der Waals surface area contributed by atoms with E-state index >= 15 is 0 Å². The third kappa shape index (κ3) is 17.4. The summed E-state index contributed by atoms with van der Waals surface area (Å²) in [4.78, 5) is 0. The molecule has 0 aromatic rings. The van der Waals surface area contributed by atoms with E-state index in [0.29, 0.717) is 0 Å². The zero-order valence-electron chi connectivity index (χ0n) is 15.6. The molecule has 0 spiro atoms. The molecule has 170 valence electrons. The van der Waals surface area contributed by atoms with Crippen LogP contribution in [0.5, 0.6) is 0 Å². The molecule has 28 heavy (non-hydrogen) atoms. The molecular weight excluding hydrogens is 402 g/mol. The summed E-state index contributed by atoms with van der Waals surface area (Å²) in [6, 6.07) is 0. The molecule has 0 fully saturated rings. The maximum absolute atomic E-state index is 12.0. The monoisotopic (exact) mass is 430 g/mol. The highest BCUT2D eigenvalue weighted by Gasteiger charge is 2.28. The van der Waals surface area contributed by atoms with Gasteiger partial charge in [0.1, 0.15) is 13.2 Å². The Morgan fingerprint density at radius 1 is 0.607 bits per heavy atom. The minimum atomic E-state index is -4.43. The van der Waals surface area contributed by atoms with Crippen LogP contribution in [0.1, 0.15) is 6.92 Å². The Morgan fingerprint density at radius 2 is 0.929 bits per heavy atom. The third-order valence-corrected chi connectivity index (χ3v) is 3.27. The van der Waals surface area contributed by atoms with Gasteiger partial charge in [0.2, 0.25) is 0 Å². The van der Waals surface area contributed by atoms with Crippen molar-refractivity contribution >= 4 is 0 Å². The van der Waals surface area contributed by atoms with Gasteiger partial charge in [0, 0.05) is 17.8 Å². The smallest absolute Gasteiger partial charge is 0.396 e. The lowest BCUT2D eigenvalue weighted by molar-refractivity contribution is -0.178. The predicted molar refractivity (Wildman–Crippen MR) is 85.7 cm³/mol. The Balaban J connectivity index is 3.85. The Morgan fingerprint density at radius 3 is 1.21 bits per heavy atom. The topological polar surface area (TPSA) is 77.4 Å². The predicted octanol–water partition coefficient (Wildman–Crippen LogP) is 2.03. The molecule has 0 aliphatic carbocycles. The normalized spacial score (nSPS) is 16.2. The van der Waals surface area contributed by atoms with Gasteiger partial charge in [0.25, 0.3) is 0 Å². The van der Waals surface area contributed by atoms with Crippen molar-refractivity contribution in [1.82, 2.24) is 0 Å². The van der Waals surface area contributed by atoms with E-state index in [0.717, 1.165) is 0 Å². The van der Waals surface area contributed by atoms with Gasteiger partial charge < -0.3 is 29.2 Å². The van der Waals surface area contributed by atoms with E-state index in [-0.39, 0.29) is 45.6 Å². The van der Waals surface area contributed by atoms with Crippen molar-refractivity contribution in [2.24, 2.45) is 17.8 Å². The SMILES string of the molecule is CC(COCC(CO)COCC(F)(F)F)COCC(CO)COCC(F)(F)F. The van der Waals surface area contributed by atoms with Crippen molar-refractivity contribution in [3.63, 3.8) is 0 Å². The molecular formula is C16H28F6O6. The van der Waals surface area contributed by atoms with E-state index in [1.807, 2.05) is 0 Å². The summed E-state index contributed by atoms with van der Waals surface area (Å²) in [7, 11) is 0. The number of hydrogen-bond acceptors (Lipinski definition) is 6. The first-order valence-electron chi connectivity index (χ1n) is 8.63. The third-order valence-electron chi connectivity index (χ3n) is 3.27. The van der Waals surface area contributed by atoms with Crippen LogP contribution < -0.4 is 0 Å². The second-order valence-corrected chi connectivity index (χ2v) is 6.54.